The molecule has 0 saturated heterocycles. The van der Waals surface area contributed by atoms with E-state index >= 15 is 0 Å². The van der Waals surface area contributed by atoms with Gasteiger partial charge < -0.3 is 15.0 Å². The SMILES string of the molecule is CC(C)CC(NC(=O)c1cn(C)cn1)C(=O)O. The average Bonchev–Trinajstić information content (AvgIpc) is 2.63. The second-order valence-electron chi connectivity index (χ2n) is 4.42. The molecule has 2 N–H and O–H groups in total. The second-order valence-corrected chi connectivity index (χ2v) is 4.42. The lowest BCUT2D eigenvalue weighted by atomic mass is 10.0. The Morgan fingerprint density at radius 2 is 2.18 bits per heavy atom. The predicted molar refractivity (Wildman–Crippen MR) is 61.6 cm³/mol. The van der Waals surface area contributed by atoms with E-state index in [1.807, 2.05) is 13.8 Å². The van der Waals surface area contributed by atoms with Crippen LogP contribution in [0.25, 0.3) is 0 Å². The van der Waals surface area contributed by atoms with Gasteiger partial charge in [0.25, 0.3) is 5.91 Å². The van der Waals surface area contributed by atoms with Crippen LogP contribution in [0, 0.1) is 5.92 Å². The summed E-state index contributed by atoms with van der Waals surface area (Å²) < 4.78 is 1.63. The summed E-state index contributed by atoms with van der Waals surface area (Å²) in [5, 5.41) is 11.4. The lowest BCUT2D eigenvalue weighted by Crippen LogP contribution is -2.41. The Morgan fingerprint density at radius 1 is 1.53 bits per heavy atom. The Labute approximate surface area is 99.7 Å². The quantitative estimate of drug-likeness (QED) is 0.790. The van der Waals surface area contributed by atoms with Gasteiger partial charge in [0.1, 0.15) is 11.7 Å². The van der Waals surface area contributed by atoms with Gasteiger partial charge in [-0.3, -0.25) is 4.79 Å². The molecule has 17 heavy (non-hydrogen) atoms. The van der Waals surface area contributed by atoms with E-state index in [1.165, 1.54) is 6.33 Å². The van der Waals surface area contributed by atoms with Crippen LogP contribution in [0.4, 0.5) is 0 Å². The van der Waals surface area contributed by atoms with Crippen molar-refractivity contribution in [3.8, 4) is 0 Å². The van der Waals surface area contributed by atoms with Crippen molar-refractivity contribution >= 4 is 11.9 Å². The summed E-state index contributed by atoms with van der Waals surface area (Å²) in [6, 6.07) is -0.871. The molecular weight excluding hydrogens is 222 g/mol. The first-order valence-corrected chi connectivity index (χ1v) is 5.41. The Hall–Kier alpha value is -1.85. The van der Waals surface area contributed by atoms with E-state index in [2.05, 4.69) is 10.3 Å². The summed E-state index contributed by atoms with van der Waals surface area (Å²) in [6.45, 7) is 3.81. The molecule has 1 unspecified atom stereocenters. The largest absolute Gasteiger partial charge is 0.480 e. The summed E-state index contributed by atoms with van der Waals surface area (Å²) in [4.78, 5) is 26.5. The fourth-order valence-corrected chi connectivity index (χ4v) is 1.46. The van der Waals surface area contributed by atoms with E-state index in [0.29, 0.717) is 6.42 Å². The molecule has 1 heterocycles. The van der Waals surface area contributed by atoms with Crippen LogP contribution in [0.3, 0.4) is 0 Å². The van der Waals surface area contributed by atoms with Gasteiger partial charge in [0, 0.05) is 13.2 Å². The summed E-state index contributed by atoms with van der Waals surface area (Å²) in [5.41, 5.74) is 0.225. The molecule has 0 fully saturated rings. The molecule has 0 saturated carbocycles. The molecule has 0 aromatic carbocycles. The molecule has 6 nitrogen and oxygen atoms in total. The number of rotatable bonds is 5. The number of hydrogen-bond acceptors (Lipinski definition) is 3. The molecule has 1 aromatic heterocycles. The third-order valence-electron chi connectivity index (χ3n) is 2.25. The molecule has 0 aliphatic carbocycles. The zero-order valence-electron chi connectivity index (χ0n) is 10.2. The minimum absolute atomic E-state index is 0.195. The van der Waals surface area contributed by atoms with E-state index in [-0.39, 0.29) is 11.6 Å². The van der Waals surface area contributed by atoms with Crippen molar-refractivity contribution in [2.75, 3.05) is 0 Å². The Kier molecular flexibility index (Phi) is 4.25. The number of aliphatic carboxylic acids is 1. The van der Waals surface area contributed by atoms with Crippen LogP contribution >= 0.6 is 0 Å². The van der Waals surface area contributed by atoms with Crippen LogP contribution in [-0.4, -0.2) is 32.6 Å². The third kappa shape index (κ3) is 3.90. The van der Waals surface area contributed by atoms with E-state index in [9.17, 15) is 9.59 Å². The fraction of sp³-hybridized carbons (Fsp3) is 0.545. The topological polar surface area (TPSA) is 84.2 Å². The number of amides is 1. The lowest BCUT2D eigenvalue weighted by Gasteiger charge is -2.15. The average molecular weight is 239 g/mol. The highest BCUT2D eigenvalue weighted by Gasteiger charge is 2.22. The number of carboxylic acid groups (broad SMARTS) is 1. The van der Waals surface area contributed by atoms with Crippen molar-refractivity contribution in [2.24, 2.45) is 13.0 Å². The van der Waals surface area contributed by atoms with Gasteiger partial charge in [0.15, 0.2) is 0 Å². The number of carbonyl (C=O) groups is 2. The van der Waals surface area contributed by atoms with Gasteiger partial charge in [-0.25, -0.2) is 9.78 Å². The van der Waals surface area contributed by atoms with E-state index in [4.69, 9.17) is 5.11 Å². The number of aromatic nitrogens is 2. The maximum atomic E-state index is 11.7. The van der Waals surface area contributed by atoms with E-state index in [0.717, 1.165) is 0 Å². The molecule has 1 rings (SSSR count). The number of imidazole rings is 1. The monoisotopic (exact) mass is 239 g/mol. The van der Waals surface area contributed by atoms with Crippen LogP contribution in [0.5, 0.6) is 0 Å². The van der Waals surface area contributed by atoms with Crippen molar-refractivity contribution in [3.63, 3.8) is 0 Å². The van der Waals surface area contributed by atoms with Gasteiger partial charge in [-0.15, -0.1) is 0 Å². The molecule has 1 amide bonds. The lowest BCUT2D eigenvalue weighted by molar-refractivity contribution is -0.139. The van der Waals surface area contributed by atoms with E-state index < -0.39 is 17.9 Å². The number of nitrogens with one attached hydrogen (secondary N) is 1. The van der Waals surface area contributed by atoms with Gasteiger partial charge in [-0.1, -0.05) is 13.8 Å². The molecule has 0 spiro atoms. The zero-order chi connectivity index (χ0) is 13.0. The molecule has 1 atom stereocenters. The molecular formula is C11H17N3O3. The molecule has 0 aliphatic heterocycles. The Morgan fingerprint density at radius 3 is 2.59 bits per heavy atom. The van der Waals surface area contributed by atoms with Gasteiger partial charge >= 0.3 is 5.97 Å². The van der Waals surface area contributed by atoms with Crippen LogP contribution in [0.15, 0.2) is 12.5 Å². The Bertz CT molecular complexity index is 412. The summed E-state index contributed by atoms with van der Waals surface area (Å²) in [7, 11) is 1.74. The van der Waals surface area contributed by atoms with E-state index in [1.54, 1.807) is 17.8 Å². The minimum Gasteiger partial charge on any atom is -0.480 e. The van der Waals surface area contributed by atoms with Crippen molar-refractivity contribution in [1.29, 1.82) is 0 Å². The van der Waals surface area contributed by atoms with Gasteiger partial charge in [0.2, 0.25) is 0 Å². The van der Waals surface area contributed by atoms with Crippen LogP contribution < -0.4 is 5.32 Å². The van der Waals surface area contributed by atoms with Gasteiger partial charge in [0.05, 0.1) is 6.33 Å². The molecule has 6 heteroatoms. The van der Waals surface area contributed by atoms with Crippen molar-refractivity contribution in [2.45, 2.75) is 26.3 Å². The highest BCUT2D eigenvalue weighted by molar-refractivity contribution is 5.94. The maximum absolute atomic E-state index is 11.7. The molecule has 94 valence electrons. The highest BCUT2D eigenvalue weighted by Crippen LogP contribution is 2.06. The van der Waals surface area contributed by atoms with Crippen molar-refractivity contribution < 1.29 is 14.7 Å². The smallest absolute Gasteiger partial charge is 0.326 e. The number of hydrogen-bond donors (Lipinski definition) is 2. The van der Waals surface area contributed by atoms with Gasteiger partial charge in [-0.2, -0.15) is 0 Å². The number of nitrogens with zero attached hydrogens (tertiary/aromatic N) is 2. The van der Waals surface area contributed by atoms with Crippen molar-refractivity contribution in [3.05, 3.63) is 18.2 Å². The normalized spacial score (nSPS) is 12.5. The van der Waals surface area contributed by atoms with Crippen LogP contribution in [-0.2, 0) is 11.8 Å². The summed E-state index contributed by atoms with van der Waals surface area (Å²) in [6.07, 6.45) is 3.44. The second kappa shape index (κ2) is 5.47. The predicted octanol–water partition coefficient (Wildman–Crippen LogP) is 0.649. The third-order valence-corrected chi connectivity index (χ3v) is 2.25. The highest BCUT2D eigenvalue weighted by atomic mass is 16.4. The summed E-state index contributed by atoms with van der Waals surface area (Å²) in [5.74, 6) is -1.29. The molecule has 0 bridgehead atoms. The van der Waals surface area contributed by atoms with Crippen LogP contribution in [0.2, 0.25) is 0 Å². The number of aryl methyl sites for hydroxylation is 1. The molecule has 1 aromatic rings. The maximum Gasteiger partial charge on any atom is 0.326 e. The Balaban J connectivity index is 2.67. The first-order valence-electron chi connectivity index (χ1n) is 5.41. The summed E-state index contributed by atoms with van der Waals surface area (Å²) >= 11 is 0. The zero-order valence-corrected chi connectivity index (χ0v) is 10.2. The van der Waals surface area contributed by atoms with Crippen molar-refractivity contribution in [1.82, 2.24) is 14.9 Å². The fourth-order valence-electron chi connectivity index (χ4n) is 1.46. The molecule has 0 radical (unpaired) electrons. The number of carboxylic acids is 1. The number of carbonyl (C=O) groups excluding carboxylic acids is 1. The first kappa shape index (κ1) is 13.2. The van der Waals surface area contributed by atoms with Crippen LogP contribution in [0.1, 0.15) is 30.8 Å². The molecule has 0 aliphatic rings. The van der Waals surface area contributed by atoms with Gasteiger partial charge in [-0.05, 0) is 12.3 Å². The first-order chi connectivity index (χ1) is 7.90. The standard InChI is InChI=1S/C11H17N3O3/c1-7(2)4-8(11(16)17)13-10(15)9-5-14(3)6-12-9/h5-8H,4H2,1-3H3,(H,13,15)(H,16,17). The minimum atomic E-state index is -1.03.